The molecule has 1 amide bonds. The highest BCUT2D eigenvalue weighted by molar-refractivity contribution is 7.11. The SMILES string of the molecule is CC(C)c1csc(C(=O)N2CCC3(CC2)OCCc2cnc(N(C)C)nc23)n1. The first kappa shape index (κ1) is 19.3. The number of thiazole rings is 1. The van der Waals surface area contributed by atoms with Gasteiger partial charge in [-0.05, 0) is 30.7 Å². The van der Waals surface area contributed by atoms with Crippen LogP contribution in [0.2, 0.25) is 0 Å². The lowest BCUT2D eigenvalue weighted by atomic mass is 9.83. The van der Waals surface area contributed by atoms with Crippen LogP contribution in [0.15, 0.2) is 11.6 Å². The third-order valence-corrected chi connectivity index (χ3v) is 6.44. The molecule has 0 N–H and O–H groups in total. The van der Waals surface area contributed by atoms with Gasteiger partial charge < -0.3 is 14.5 Å². The smallest absolute Gasteiger partial charge is 0.282 e. The van der Waals surface area contributed by atoms with Crippen LogP contribution in [0.1, 0.15) is 59.4 Å². The topological polar surface area (TPSA) is 71.5 Å². The number of likely N-dealkylation sites (tertiary alicyclic amines) is 1. The van der Waals surface area contributed by atoms with Crippen molar-refractivity contribution in [2.24, 2.45) is 0 Å². The van der Waals surface area contributed by atoms with Crippen LogP contribution in [-0.2, 0) is 16.8 Å². The Morgan fingerprint density at radius 1 is 1.29 bits per heavy atom. The highest BCUT2D eigenvalue weighted by Crippen LogP contribution is 2.41. The number of rotatable bonds is 3. The van der Waals surface area contributed by atoms with E-state index in [2.05, 4.69) is 23.8 Å². The van der Waals surface area contributed by atoms with E-state index in [4.69, 9.17) is 9.72 Å². The van der Waals surface area contributed by atoms with Crippen LogP contribution in [0.3, 0.4) is 0 Å². The third-order valence-electron chi connectivity index (χ3n) is 5.59. The molecule has 1 saturated heterocycles. The van der Waals surface area contributed by atoms with Crippen LogP contribution >= 0.6 is 11.3 Å². The Hall–Kier alpha value is -2.06. The molecule has 2 aromatic rings. The molecule has 0 saturated carbocycles. The maximum atomic E-state index is 12.9. The van der Waals surface area contributed by atoms with E-state index in [-0.39, 0.29) is 5.91 Å². The van der Waals surface area contributed by atoms with Crippen LogP contribution in [0.5, 0.6) is 0 Å². The molecule has 1 fully saturated rings. The fraction of sp³-hybridized carbons (Fsp3) is 0.600. The van der Waals surface area contributed by atoms with Crippen molar-refractivity contribution in [3.8, 4) is 0 Å². The van der Waals surface area contributed by atoms with E-state index in [0.717, 1.165) is 36.2 Å². The first-order valence-corrected chi connectivity index (χ1v) is 10.7. The van der Waals surface area contributed by atoms with Gasteiger partial charge in [0, 0.05) is 38.8 Å². The number of amides is 1. The quantitative estimate of drug-likeness (QED) is 0.788. The summed E-state index contributed by atoms with van der Waals surface area (Å²) < 4.78 is 6.28. The normalized spacial score (nSPS) is 18.4. The van der Waals surface area contributed by atoms with Crippen molar-refractivity contribution in [2.75, 3.05) is 38.7 Å². The molecule has 0 bridgehead atoms. The van der Waals surface area contributed by atoms with Gasteiger partial charge in [0.05, 0.1) is 18.0 Å². The molecular weight excluding hydrogens is 374 g/mol. The number of hydrogen-bond acceptors (Lipinski definition) is 7. The number of aromatic nitrogens is 3. The number of ether oxygens (including phenoxy) is 1. The van der Waals surface area contributed by atoms with Gasteiger partial charge in [-0.2, -0.15) is 0 Å². The second-order valence-electron chi connectivity index (χ2n) is 8.06. The van der Waals surface area contributed by atoms with Crippen LogP contribution < -0.4 is 4.90 Å². The first-order chi connectivity index (χ1) is 13.4. The molecule has 8 heteroatoms. The predicted octanol–water partition coefficient (Wildman–Crippen LogP) is 2.83. The summed E-state index contributed by atoms with van der Waals surface area (Å²) in [5.74, 6) is 1.06. The zero-order chi connectivity index (χ0) is 19.9. The molecule has 0 radical (unpaired) electrons. The third kappa shape index (κ3) is 3.39. The van der Waals surface area contributed by atoms with E-state index in [9.17, 15) is 4.79 Å². The van der Waals surface area contributed by atoms with Gasteiger partial charge in [-0.15, -0.1) is 11.3 Å². The van der Waals surface area contributed by atoms with E-state index in [1.807, 2.05) is 35.5 Å². The van der Waals surface area contributed by atoms with Crippen molar-refractivity contribution < 1.29 is 9.53 Å². The molecule has 4 rings (SSSR count). The molecule has 0 unspecified atom stereocenters. The maximum absolute atomic E-state index is 12.9. The van der Waals surface area contributed by atoms with Crippen LogP contribution in [0, 0.1) is 0 Å². The van der Waals surface area contributed by atoms with Gasteiger partial charge in [0.25, 0.3) is 5.91 Å². The first-order valence-electron chi connectivity index (χ1n) is 9.82. The fourth-order valence-electron chi connectivity index (χ4n) is 3.85. The molecule has 4 heterocycles. The molecule has 2 aliphatic heterocycles. The fourth-order valence-corrected chi connectivity index (χ4v) is 4.80. The summed E-state index contributed by atoms with van der Waals surface area (Å²) in [7, 11) is 3.89. The Morgan fingerprint density at radius 3 is 2.68 bits per heavy atom. The molecular formula is C20H27N5O2S. The highest BCUT2D eigenvalue weighted by Gasteiger charge is 2.43. The van der Waals surface area contributed by atoms with E-state index in [1.54, 1.807) is 0 Å². The lowest BCUT2D eigenvalue weighted by Crippen LogP contribution is -2.49. The van der Waals surface area contributed by atoms with Crippen LogP contribution in [0.4, 0.5) is 5.95 Å². The summed E-state index contributed by atoms with van der Waals surface area (Å²) in [4.78, 5) is 30.5. The number of piperidine rings is 1. The highest BCUT2D eigenvalue weighted by atomic mass is 32.1. The Labute approximate surface area is 169 Å². The minimum atomic E-state index is -0.413. The van der Waals surface area contributed by atoms with Crippen LogP contribution in [0.25, 0.3) is 0 Å². The Bertz CT molecular complexity index is 871. The molecule has 150 valence electrons. The lowest BCUT2D eigenvalue weighted by Gasteiger charge is -2.44. The molecule has 0 aromatic carbocycles. The summed E-state index contributed by atoms with van der Waals surface area (Å²) in [5, 5.41) is 2.57. The Balaban J connectivity index is 1.52. The van der Waals surface area contributed by atoms with Gasteiger partial charge in [0.2, 0.25) is 5.95 Å². The van der Waals surface area contributed by atoms with Gasteiger partial charge in [-0.1, -0.05) is 13.8 Å². The van der Waals surface area contributed by atoms with Crippen molar-refractivity contribution in [1.82, 2.24) is 19.9 Å². The molecule has 0 aliphatic carbocycles. The molecule has 7 nitrogen and oxygen atoms in total. The Kier molecular flexibility index (Phi) is 5.09. The van der Waals surface area contributed by atoms with Crippen LogP contribution in [-0.4, -0.2) is 59.6 Å². The molecule has 2 aliphatic rings. The predicted molar refractivity (Wildman–Crippen MR) is 109 cm³/mol. The monoisotopic (exact) mass is 401 g/mol. The van der Waals surface area contributed by atoms with E-state index < -0.39 is 5.60 Å². The van der Waals surface area contributed by atoms with Crippen molar-refractivity contribution in [1.29, 1.82) is 0 Å². The van der Waals surface area contributed by atoms with Gasteiger partial charge in [-0.25, -0.2) is 15.0 Å². The summed E-state index contributed by atoms with van der Waals surface area (Å²) >= 11 is 1.44. The zero-order valence-electron chi connectivity index (χ0n) is 16.9. The van der Waals surface area contributed by atoms with Crippen molar-refractivity contribution in [3.05, 3.63) is 33.5 Å². The number of nitrogens with zero attached hydrogens (tertiary/aromatic N) is 5. The summed E-state index contributed by atoms with van der Waals surface area (Å²) in [6.07, 6.45) is 4.27. The van der Waals surface area contributed by atoms with E-state index in [1.165, 1.54) is 11.3 Å². The average Bonchev–Trinajstić information content (AvgIpc) is 3.19. The van der Waals surface area contributed by atoms with Crippen molar-refractivity contribution in [2.45, 2.75) is 44.6 Å². The molecule has 28 heavy (non-hydrogen) atoms. The Morgan fingerprint density at radius 2 is 2.04 bits per heavy atom. The molecule has 2 aromatic heterocycles. The summed E-state index contributed by atoms with van der Waals surface area (Å²) in [6, 6.07) is 0. The maximum Gasteiger partial charge on any atom is 0.282 e. The second-order valence-corrected chi connectivity index (χ2v) is 8.91. The summed E-state index contributed by atoms with van der Waals surface area (Å²) in [6.45, 7) is 6.16. The minimum absolute atomic E-state index is 0.0273. The summed E-state index contributed by atoms with van der Waals surface area (Å²) in [5.41, 5.74) is 2.74. The number of fused-ring (bicyclic) bond motifs is 2. The van der Waals surface area contributed by atoms with Gasteiger partial charge in [0.15, 0.2) is 5.01 Å². The number of carbonyl (C=O) groups is 1. The van der Waals surface area contributed by atoms with E-state index in [0.29, 0.717) is 36.6 Å². The number of carbonyl (C=O) groups excluding carboxylic acids is 1. The average molecular weight is 402 g/mol. The molecule has 1 spiro atoms. The van der Waals surface area contributed by atoms with Gasteiger partial charge in [0.1, 0.15) is 5.60 Å². The lowest BCUT2D eigenvalue weighted by molar-refractivity contribution is -0.0967. The number of anilines is 1. The van der Waals surface area contributed by atoms with E-state index >= 15 is 0 Å². The van der Waals surface area contributed by atoms with Crippen molar-refractivity contribution in [3.63, 3.8) is 0 Å². The van der Waals surface area contributed by atoms with Gasteiger partial charge in [-0.3, -0.25) is 4.79 Å². The largest absolute Gasteiger partial charge is 0.368 e. The number of hydrogen-bond donors (Lipinski definition) is 0. The minimum Gasteiger partial charge on any atom is -0.368 e. The van der Waals surface area contributed by atoms with Crippen molar-refractivity contribution >= 4 is 23.2 Å². The molecule has 0 atom stereocenters. The standard InChI is InChI=1S/C20H27N5O2S/c1-13(2)15-12-28-17(22-15)18(26)25-8-6-20(7-9-25)16-14(5-10-27-20)11-21-19(23-16)24(3)4/h11-13H,5-10H2,1-4H3. The zero-order valence-corrected chi connectivity index (χ0v) is 17.8. The van der Waals surface area contributed by atoms with Gasteiger partial charge >= 0.3 is 0 Å². The second kappa shape index (κ2) is 7.40.